The van der Waals surface area contributed by atoms with E-state index in [9.17, 15) is 10.2 Å². The number of allylic oxidation sites excluding steroid dienone is 2. The van der Waals surface area contributed by atoms with Crippen molar-refractivity contribution < 1.29 is 14.9 Å². The second-order valence-corrected chi connectivity index (χ2v) is 8.09. The number of hydrogen-bond donors (Lipinski definition) is 2. The van der Waals surface area contributed by atoms with Crippen molar-refractivity contribution in [3.63, 3.8) is 0 Å². The lowest BCUT2D eigenvalue weighted by atomic mass is 9.94. The van der Waals surface area contributed by atoms with E-state index in [1.54, 1.807) is 19.3 Å². The van der Waals surface area contributed by atoms with Crippen LogP contribution in [0.25, 0.3) is 11.1 Å². The molecule has 0 aromatic heterocycles. The summed E-state index contributed by atoms with van der Waals surface area (Å²) in [5.74, 6) is 0.557. The Labute approximate surface area is 185 Å². The quantitative estimate of drug-likeness (QED) is 0.567. The van der Waals surface area contributed by atoms with Gasteiger partial charge >= 0.3 is 0 Å². The lowest BCUT2D eigenvalue weighted by Crippen LogP contribution is -2.46. The minimum absolute atomic E-state index is 0.247. The van der Waals surface area contributed by atoms with Crippen LogP contribution < -0.4 is 0 Å². The second kappa shape index (κ2) is 11.1. The van der Waals surface area contributed by atoms with Crippen LogP contribution in [-0.2, 0) is 24.1 Å². The highest BCUT2D eigenvalue weighted by molar-refractivity contribution is 5.74. The number of ether oxygens (including phenoxy) is 1. The van der Waals surface area contributed by atoms with E-state index >= 15 is 0 Å². The zero-order valence-electron chi connectivity index (χ0n) is 18.5. The van der Waals surface area contributed by atoms with E-state index in [4.69, 9.17) is 4.74 Å². The molecular formula is C26H34N2O3. The number of phenols is 2. The van der Waals surface area contributed by atoms with Gasteiger partial charge < -0.3 is 14.9 Å². The van der Waals surface area contributed by atoms with Crippen LogP contribution >= 0.6 is 0 Å². The topological polar surface area (TPSA) is 56.2 Å². The molecule has 0 amide bonds. The molecule has 1 aliphatic heterocycles. The van der Waals surface area contributed by atoms with Crippen LogP contribution in [0.4, 0.5) is 0 Å². The number of piperazine rings is 1. The maximum atomic E-state index is 11.2. The van der Waals surface area contributed by atoms with Gasteiger partial charge in [-0.1, -0.05) is 24.3 Å². The number of methoxy groups -OCH3 is 1. The molecule has 166 valence electrons. The maximum absolute atomic E-state index is 11.2. The van der Waals surface area contributed by atoms with E-state index in [-0.39, 0.29) is 5.75 Å². The highest BCUT2D eigenvalue weighted by Gasteiger charge is 2.20. The summed E-state index contributed by atoms with van der Waals surface area (Å²) in [6.45, 7) is 14.0. The van der Waals surface area contributed by atoms with Gasteiger partial charge in [0.05, 0.1) is 6.61 Å². The van der Waals surface area contributed by atoms with Gasteiger partial charge in [0.25, 0.3) is 0 Å². The maximum Gasteiger partial charge on any atom is 0.127 e. The molecule has 5 heteroatoms. The smallest absolute Gasteiger partial charge is 0.127 e. The predicted molar refractivity (Wildman–Crippen MR) is 127 cm³/mol. The van der Waals surface area contributed by atoms with Gasteiger partial charge in [-0.15, -0.1) is 13.2 Å². The summed E-state index contributed by atoms with van der Waals surface area (Å²) in [5, 5.41) is 21.3. The van der Waals surface area contributed by atoms with Gasteiger partial charge in [0.15, 0.2) is 0 Å². The Morgan fingerprint density at radius 2 is 1.65 bits per heavy atom. The van der Waals surface area contributed by atoms with E-state index in [0.717, 1.165) is 73.6 Å². The third kappa shape index (κ3) is 5.97. The molecule has 0 saturated carbocycles. The molecule has 0 aliphatic carbocycles. The van der Waals surface area contributed by atoms with Crippen LogP contribution in [0.3, 0.4) is 0 Å². The van der Waals surface area contributed by atoms with Crippen molar-refractivity contribution in [2.75, 3.05) is 46.4 Å². The molecule has 2 aromatic rings. The van der Waals surface area contributed by atoms with Crippen molar-refractivity contribution in [2.45, 2.75) is 19.4 Å². The van der Waals surface area contributed by atoms with E-state index < -0.39 is 0 Å². The molecule has 1 saturated heterocycles. The molecule has 0 atom stereocenters. The standard InChI is InChI=1S/C26H34N2O3/c1-4-6-20-16-23(19-28-12-10-27(11-13-28)14-15-31-3)26(30)24(17-20)21-8-9-25(29)22(18-21)7-5-2/h4-5,8-9,16-18,29-30H,1-2,6-7,10-15,19H2,3H3. The largest absolute Gasteiger partial charge is 0.508 e. The van der Waals surface area contributed by atoms with Crippen molar-refractivity contribution >= 4 is 0 Å². The number of rotatable bonds is 10. The number of hydrogen-bond acceptors (Lipinski definition) is 5. The first kappa shape index (κ1) is 23.1. The van der Waals surface area contributed by atoms with E-state index in [1.165, 1.54) is 0 Å². The van der Waals surface area contributed by atoms with Crippen LogP contribution in [-0.4, -0.2) is 66.5 Å². The second-order valence-electron chi connectivity index (χ2n) is 8.09. The molecule has 2 aromatic carbocycles. The Balaban J connectivity index is 1.85. The van der Waals surface area contributed by atoms with E-state index in [1.807, 2.05) is 24.3 Å². The minimum atomic E-state index is 0.247. The Hall–Kier alpha value is -2.60. The number of nitrogens with zero attached hydrogens (tertiary/aromatic N) is 2. The van der Waals surface area contributed by atoms with Crippen molar-refractivity contribution in [3.8, 4) is 22.6 Å². The Morgan fingerprint density at radius 1 is 0.935 bits per heavy atom. The van der Waals surface area contributed by atoms with Gasteiger partial charge in [-0.05, 0) is 47.7 Å². The summed E-state index contributed by atoms with van der Waals surface area (Å²) in [6.07, 6.45) is 4.97. The average molecular weight is 423 g/mol. The van der Waals surface area contributed by atoms with E-state index in [2.05, 4.69) is 29.0 Å². The first-order valence-corrected chi connectivity index (χ1v) is 10.9. The molecule has 2 N–H and O–H groups in total. The van der Waals surface area contributed by atoms with Gasteiger partial charge in [-0.2, -0.15) is 0 Å². The normalized spacial score (nSPS) is 15.1. The zero-order chi connectivity index (χ0) is 22.2. The summed E-state index contributed by atoms with van der Waals surface area (Å²) in [7, 11) is 1.74. The summed E-state index contributed by atoms with van der Waals surface area (Å²) in [6, 6.07) is 9.58. The van der Waals surface area contributed by atoms with Crippen molar-refractivity contribution in [1.29, 1.82) is 0 Å². The molecule has 3 rings (SSSR count). The lowest BCUT2D eigenvalue weighted by molar-refractivity contribution is 0.0934. The summed E-state index contributed by atoms with van der Waals surface area (Å²) < 4.78 is 5.19. The van der Waals surface area contributed by atoms with Crippen LogP contribution in [0, 0.1) is 0 Å². The minimum Gasteiger partial charge on any atom is -0.508 e. The fourth-order valence-corrected chi connectivity index (χ4v) is 4.09. The molecule has 1 heterocycles. The first-order chi connectivity index (χ1) is 15.0. The predicted octanol–water partition coefficient (Wildman–Crippen LogP) is 3.99. The number of phenolic OH excluding ortho intramolecular Hbond substituents is 2. The van der Waals surface area contributed by atoms with Gasteiger partial charge in [-0.3, -0.25) is 9.80 Å². The lowest BCUT2D eigenvalue weighted by Gasteiger charge is -2.34. The Bertz CT molecular complexity index is 902. The molecule has 0 spiro atoms. The van der Waals surface area contributed by atoms with Crippen molar-refractivity contribution in [2.24, 2.45) is 0 Å². The van der Waals surface area contributed by atoms with Crippen molar-refractivity contribution in [3.05, 3.63) is 72.3 Å². The fourth-order valence-electron chi connectivity index (χ4n) is 4.09. The SMILES string of the molecule is C=CCc1cc(CN2CCN(CCOC)CC2)c(O)c(-c2ccc(O)c(CC=C)c2)c1. The zero-order valence-corrected chi connectivity index (χ0v) is 18.5. The van der Waals surface area contributed by atoms with Crippen LogP contribution in [0.15, 0.2) is 55.6 Å². The molecule has 1 fully saturated rings. The van der Waals surface area contributed by atoms with Crippen molar-refractivity contribution in [1.82, 2.24) is 9.80 Å². The van der Waals surface area contributed by atoms with Gasteiger partial charge in [0.2, 0.25) is 0 Å². The van der Waals surface area contributed by atoms with Crippen LogP contribution in [0.1, 0.15) is 16.7 Å². The highest BCUT2D eigenvalue weighted by atomic mass is 16.5. The Morgan fingerprint density at radius 3 is 2.32 bits per heavy atom. The fraction of sp³-hybridized carbons (Fsp3) is 0.385. The summed E-state index contributed by atoms with van der Waals surface area (Å²) >= 11 is 0. The van der Waals surface area contributed by atoms with Crippen LogP contribution in [0.5, 0.6) is 11.5 Å². The first-order valence-electron chi connectivity index (χ1n) is 10.9. The Kier molecular flexibility index (Phi) is 8.29. The van der Waals surface area contributed by atoms with Gasteiger partial charge in [0, 0.05) is 57.5 Å². The van der Waals surface area contributed by atoms with Gasteiger partial charge in [-0.25, -0.2) is 0 Å². The third-order valence-corrected chi connectivity index (χ3v) is 5.85. The molecule has 1 aliphatic rings. The molecule has 31 heavy (non-hydrogen) atoms. The van der Waals surface area contributed by atoms with Gasteiger partial charge in [0.1, 0.15) is 11.5 Å². The third-order valence-electron chi connectivity index (χ3n) is 5.85. The average Bonchev–Trinajstić information content (AvgIpc) is 2.77. The summed E-state index contributed by atoms with van der Waals surface area (Å²) in [5.41, 5.74) is 4.53. The van der Waals surface area contributed by atoms with E-state index in [0.29, 0.717) is 18.7 Å². The molecule has 5 nitrogen and oxygen atoms in total. The molecule has 0 bridgehead atoms. The highest BCUT2D eigenvalue weighted by Crippen LogP contribution is 2.36. The number of benzene rings is 2. The molecular weight excluding hydrogens is 388 g/mol. The molecule has 0 unspecified atom stereocenters. The summed E-state index contributed by atoms with van der Waals surface area (Å²) in [4.78, 5) is 4.80. The number of aromatic hydroxyl groups is 2. The molecule has 0 radical (unpaired) electrons. The monoisotopic (exact) mass is 422 g/mol. The van der Waals surface area contributed by atoms with Crippen LogP contribution in [0.2, 0.25) is 0 Å².